The molecule has 0 saturated heterocycles. The maximum absolute atomic E-state index is 12.9. The number of halogens is 2. The highest BCUT2D eigenvalue weighted by Crippen LogP contribution is 2.30. The Kier molecular flexibility index (Phi) is 6.78. The maximum Gasteiger partial charge on any atom is 0.248 e. The van der Waals surface area contributed by atoms with Crippen molar-refractivity contribution in [2.75, 3.05) is 15.9 Å². The van der Waals surface area contributed by atoms with Crippen LogP contribution in [0.2, 0.25) is 10.0 Å². The summed E-state index contributed by atoms with van der Waals surface area (Å²) in [5.74, 6) is -0.416. The third kappa shape index (κ3) is 5.15. The second kappa shape index (κ2) is 8.50. The average Bonchev–Trinajstić information content (AvgIpc) is 2.56. The minimum atomic E-state index is -3.74. The number of anilines is 2. The lowest BCUT2D eigenvalue weighted by Gasteiger charge is -2.30. The number of carbonyl (C=O) groups excluding carboxylic acids is 1. The summed E-state index contributed by atoms with van der Waals surface area (Å²) in [5, 5.41) is 3.35. The van der Waals surface area contributed by atoms with Crippen LogP contribution in [0.15, 0.2) is 36.4 Å². The highest BCUT2D eigenvalue weighted by atomic mass is 35.5. The lowest BCUT2D eigenvalue weighted by molar-refractivity contribution is -0.117. The Labute approximate surface area is 170 Å². The molecule has 0 saturated carbocycles. The van der Waals surface area contributed by atoms with Gasteiger partial charge in [-0.1, -0.05) is 47.8 Å². The molecule has 5 nitrogen and oxygen atoms in total. The number of nitrogens with one attached hydrogen (secondary N) is 1. The van der Waals surface area contributed by atoms with Crippen LogP contribution in [0.4, 0.5) is 11.4 Å². The van der Waals surface area contributed by atoms with Gasteiger partial charge in [-0.2, -0.15) is 0 Å². The molecule has 0 bridgehead atoms. The van der Waals surface area contributed by atoms with Crippen LogP contribution in [0.1, 0.15) is 24.5 Å². The van der Waals surface area contributed by atoms with Crippen LogP contribution < -0.4 is 9.62 Å². The van der Waals surface area contributed by atoms with Crippen LogP contribution >= 0.6 is 23.2 Å². The molecule has 0 aliphatic carbocycles. The fourth-order valence-corrected chi connectivity index (χ4v) is 4.35. The van der Waals surface area contributed by atoms with Crippen molar-refractivity contribution in [2.45, 2.75) is 33.2 Å². The van der Waals surface area contributed by atoms with Gasteiger partial charge in [-0.15, -0.1) is 0 Å². The van der Waals surface area contributed by atoms with E-state index in [1.165, 1.54) is 18.2 Å². The van der Waals surface area contributed by atoms with Gasteiger partial charge >= 0.3 is 0 Å². The first-order valence-corrected chi connectivity index (χ1v) is 11.0. The van der Waals surface area contributed by atoms with Crippen molar-refractivity contribution in [3.05, 3.63) is 57.6 Å². The summed E-state index contributed by atoms with van der Waals surface area (Å²) in [5.41, 5.74) is 2.91. The minimum absolute atomic E-state index is 0.215. The van der Waals surface area contributed by atoms with E-state index < -0.39 is 22.0 Å². The van der Waals surface area contributed by atoms with E-state index in [0.29, 0.717) is 10.7 Å². The third-order valence-electron chi connectivity index (χ3n) is 4.13. The lowest BCUT2D eigenvalue weighted by atomic mass is 10.1. The quantitative estimate of drug-likeness (QED) is 0.718. The summed E-state index contributed by atoms with van der Waals surface area (Å²) in [6, 6.07) is 9.19. The fourth-order valence-electron chi connectivity index (χ4n) is 2.85. The molecule has 8 heteroatoms. The number of sulfonamides is 1. The molecule has 2 aromatic rings. The van der Waals surface area contributed by atoms with Gasteiger partial charge in [0.25, 0.3) is 0 Å². The zero-order valence-corrected chi connectivity index (χ0v) is 17.9. The van der Waals surface area contributed by atoms with Crippen LogP contribution in [-0.4, -0.2) is 26.6 Å². The minimum Gasteiger partial charge on any atom is -0.324 e. The molecule has 0 fully saturated rings. The van der Waals surface area contributed by atoms with Gasteiger partial charge in [0.2, 0.25) is 15.9 Å². The fraction of sp³-hybridized carbons (Fsp3) is 0.316. The predicted octanol–water partition coefficient (Wildman–Crippen LogP) is 4.79. The Morgan fingerprint density at radius 1 is 1.11 bits per heavy atom. The number of hydrogen-bond acceptors (Lipinski definition) is 3. The normalized spacial score (nSPS) is 12.5. The Bertz CT molecular complexity index is 961. The monoisotopic (exact) mass is 428 g/mol. The van der Waals surface area contributed by atoms with Crippen LogP contribution in [0.25, 0.3) is 0 Å². The van der Waals surface area contributed by atoms with Crippen molar-refractivity contribution in [3.63, 3.8) is 0 Å². The molecule has 0 radical (unpaired) electrons. The van der Waals surface area contributed by atoms with E-state index in [4.69, 9.17) is 23.2 Å². The molecule has 146 valence electrons. The summed E-state index contributed by atoms with van der Waals surface area (Å²) >= 11 is 12.0. The zero-order valence-electron chi connectivity index (χ0n) is 15.6. The van der Waals surface area contributed by atoms with Gasteiger partial charge in [0.05, 0.1) is 22.0 Å². The summed E-state index contributed by atoms with van der Waals surface area (Å²) < 4.78 is 26.0. The number of nitrogens with zero attached hydrogens (tertiary/aromatic N) is 1. The molecular weight excluding hydrogens is 407 g/mol. The van der Waals surface area contributed by atoms with Gasteiger partial charge in [-0.25, -0.2) is 8.42 Å². The maximum atomic E-state index is 12.9. The molecular formula is C19H22Cl2N2O3S. The smallest absolute Gasteiger partial charge is 0.248 e. The van der Waals surface area contributed by atoms with Crippen LogP contribution in [0.5, 0.6) is 0 Å². The molecule has 1 amide bonds. The van der Waals surface area contributed by atoms with E-state index in [9.17, 15) is 13.2 Å². The molecule has 0 aromatic heterocycles. The van der Waals surface area contributed by atoms with Crippen molar-refractivity contribution < 1.29 is 13.2 Å². The van der Waals surface area contributed by atoms with Gasteiger partial charge in [0.15, 0.2) is 0 Å². The van der Waals surface area contributed by atoms with Crippen molar-refractivity contribution in [1.29, 1.82) is 0 Å². The van der Waals surface area contributed by atoms with Gasteiger partial charge in [0, 0.05) is 5.69 Å². The van der Waals surface area contributed by atoms with Crippen molar-refractivity contribution in [2.24, 2.45) is 0 Å². The van der Waals surface area contributed by atoms with Crippen molar-refractivity contribution in [1.82, 2.24) is 0 Å². The average molecular weight is 429 g/mol. The second-order valence-corrected chi connectivity index (χ2v) is 9.06. The third-order valence-corrected chi connectivity index (χ3v) is 6.05. The standard InChI is InChI=1S/C19H22Cl2N2O3S/c1-5-18(19(24)22-17-9-6-12(2)10-13(17)3)23(27(4,25)26)14-7-8-15(20)16(21)11-14/h6-11,18H,5H2,1-4H3,(H,22,24)/t18-/m0/s1. The Morgan fingerprint density at radius 2 is 1.78 bits per heavy atom. The largest absolute Gasteiger partial charge is 0.324 e. The summed E-state index contributed by atoms with van der Waals surface area (Å²) in [6.07, 6.45) is 1.34. The van der Waals surface area contributed by atoms with Gasteiger partial charge in [-0.05, 0) is 50.1 Å². The Morgan fingerprint density at radius 3 is 2.30 bits per heavy atom. The molecule has 0 unspecified atom stereocenters. The van der Waals surface area contributed by atoms with E-state index >= 15 is 0 Å². The summed E-state index contributed by atoms with van der Waals surface area (Å²) in [7, 11) is -3.74. The Hall–Kier alpha value is -1.76. The van der Waals surface area contributed by atoms with E-state index in [1.807, 2.05) is 26.0 Å². The summed E-state index contributed by atoms with van der Waals surface area (Å²) in [4.78, 5) is 12.9. The summed E-state index contributed by atoms with van der Waals surface area (Å²) in [6.45, 7) is 5.60. The molecule has 0 aliphatic rings. The SMILES string of the molecule is CC[C@@H](C(=O)Nc1ccc(C)cc1C)N(c1ccc(Cl)c(Cl)c1)S(C)(=O)=O. The van der Waals surface area contributed by atoms with E-state index in [0.717, 1.165) is 21.7 Å². The topological polar surface area (TPSA) is 66.5 Å². The van der Waals surface area contributed by atoms with Crippen LogP contribution in [0.3, 0.4) is 0 Å². The predicted molar refractivity (Wildman–Crippen MR) is 112 cm³/mol. The lowest BCUT2D eigenvalue weighted by Crippen LogP contribution is -2.47. The first-order chi connectivity index (χ1) is 12.5. The van der Waals surface area contributed by atoms with Crippen molar-refractivity contribution >= 4 is 50.5 Å². The van der Waals surface area contributed by atoms with E-state index in [2.05, 4.69) is 5.32 Å². The zero-order chi connectivity index (χ0) is 20.4. The molecule has 2 aromatic carbocycles. The molecule has 0 aliphatic heterocycles. The molecule has 0 spiro atoms. The van der Waals surface area contributed by atoms with Gasteiger partial charge < -0.3 is 5.32 Å². The molecule has 1 N–H and O–H groups in total. The van der Waals surface area contributed by atoms with Gasteiger partial charge in [0.1, 0.15) is 6.04 Å². The van der Waals surface area contributed by atoms with Crippen LogP contribution in [-0.2, 0) is 14.8 Å². The van der Waals surface area contributed by atoms with E-state index in [1.54, 1.807) is 13.0 Å². The van der Waals surface area contributed by atoms with Gasteiger partial charge in [-0.3, -0.25) is 9.10 Å². The number of benzene rings is 2. The molecule has 0 heterocycles. The molecule has 27 heavy (non-hydrogen) atoms. The first kappa shape index (κ1) is 21.5. The number of rotatable bonds is 6. The molecule has 1 atom stereocenters. The van der Waals surface area contributed by atoms with Crippen molar-refractivity contribution in [3.8, 4) is 0 Å². The number of aryl methyl sites for hydroxylation is 2. The van der Waals surface area contributed by atoms with E-state index in [-0.39, 0.29) is 17.1 Å². The second-order valence-electron chi connectivity index (χ2n) is 6.39. The Balaban J connectivity index is 2.42. The number of carbonyl (C=O) groups is 1. The highest BCUT2D eigenvalue weighted by Gasteiger charge is 2.32. The highest BCUT2D eigenvalue weighted by molar-refractivity contribution is 7.92. The molecule has 2 rings (SSSR count). The first-order valence-electron chi connectivity index (χ1n) is 8.37. The number of hydrogen-bond donors (Lipinski definition) is 1. The van der Waals surface area contributed by atoms with Crippen LogP contribution in [0, 0.1) is 13.8 Å². The number of amides is 1.